The van der Waals surface area contributed by atoms with Gasteiger partial charge in [-0.25, -0.2) is 12.8 Å². The van der Waals surface area contributed by atoms with E-state index in [2.05, 4.69) is 4.90 Å². The van der Waals surface area contributed by atoms with E-state index in [4.69, 9.17) is 4.74 Å². The van der Waals surface area contributed by atoms with Crippen LogP contribution in [0.2, 0.25) is 0 Å². The van der Waals surface area contributed by atoms with E-state index >= 15 is 0 Å². The molecule has 1 fully saturated rings. The number of piperazine rings is 1. The zero-order valence-electron chi connectivity index (χ0n) is 14.1. The Labute approximate surface area is 147 Å². The van der Waals surface area contributed by atoms with Crippen molar-refractivity contribution in [1.82, 2.24) is 4.31 Å². The number of methoxy groups -OCH3 is 1. The Kier molecular flexibility index (Phi) is 5.24. The molecule has 0 amide bonds. The van der Waals surface area contributed by atoms with E-state index in [1.54, 1.807) is 7.11 Å². The molecule has 0 spiro atoms. The second-order valence-corrected chi connectivity index (χ2v) is 7.94. The van der Waals surface area contributed by atoms with E-state index in [9.17, 15) is 12.8 Å². The predicted octanol–water partition coefficient (Wildman–Crippen LogP) is 2.49. The minimum absolute atomic E-state index is 0.105. The van der Waals surface area contributed by atoms with Crippen molar-refractivity contribution >= 4 is 15.7 Å². The number of ether oxygens (including phenoxy) is 1. The van der Waals surface area contributed by atoms with Gasteiger partial charge in [0, 0.05) is 37.9 Å². The second kappa shape index (κ2) is 7.41. The van der Waals surface area contributed by atoms with Crippen LogP contribution in [0.1, 0.15) is 5.56 Å². The van der Waals surface area contributed by atoms with Crippen molar-refractivity contribution in [3.63, 3.8) is 0 Å². The van der Waals surface area contributed by atoms with Crippen LogP contribution in [0.3, 0.4) is 0 Å². The van der Waals surface area contributed by atoms with Gasteiger partial charge in [0.25, 0.3) is 0 Å². The largest absolute Gasteiger partial charge is 0.497 e. The lowest BCUT2D eigenvalue weighted by Gasteiger charge is -2.35. The Balaban J connectivity index is 1.63. The van der Waals surface area contributed by atoms with E-state index in [0.717, 1.165) is 11.4 Å². The summed E-state index contributed by atoms with van der Waals surface area (Å²) in [6.07, 6.45) is 0. The molecule has 2 aromatic rings. The second-order valence-electron chi connectivity index (χ2n) is 5.97. The van der Waals surface area contributed by atoms with Crippen LogP contribution in [0.5, 0.6) is 5.75 Å². The third-order valence-corrected chi connectivity index (χ3v) is 6.16. The Bertz CT molecular complexity index is 816. The van der Waals surface area contributed by atoms with Gasteiger partial charge in [-0.1, -0.05) is 18.2 Å². The third-order valence-electron chi connectivity index (χ3n) is 4.31. The molecule has 25 heavy (non-hydrogen) atoms. The average molecular weight is 364 g/mol. The summed E-state index contributed by atoms with van der Waals surface area (Å²) in [6.45, 7) is 2.10. The van der Waals surface area contributed by atoms with Crippen LogP contribution in [0.4, 0.5) is 10.1 Å². The number of rotatable bonds is 5. The summed E-state index contributed by atoms with van der Waals surface area (Å²) in [4.78, 5) is 2.15. The quantitative estimate of drug-likeness (QED) is 0.818. The molecule has 1 aliphatic heterocycles. The van der Waals surface area contributed by atoms with Gasteiger partial charge in [0.1, 0.15) is 11.6 Å². The topological polar surface area (TPSA) is 49.9 Å². The van der Waals surface area contributed by atoms with Gasteiger partial charge < -0.3 is 9.64 Å². The Morgan fingerprint density at radius 2 is 1.72 bits per heavy atom. The normalized spacial score (nSPS) is 16.0. The van der Waals surface area contributed by atoms with E-state index in [-0.39, 0.29) is 11.6 Å². The Morgan fingerprint density at radius 1 is 1.04 bits per heavy atom. The van der Waals surface area contributed by atoms with Crippen molar-refractivity contribution in [2.24, 2.45) is 0 Å². The summed E-state index contributed by atoms with van der Waals surface area (Å²) in [5.74, 6) is 0.309. The minimum atomic E-state index is -3.41. The van der Waals surface area contributed by atoms with Gasteiger partial charge in [0.05, 0.1) is 12.9 Å². The highest BCUT2D eigenvalue weighted by Gasteiger charge is 2.27. The molecule has 1 heterocycles. The molecule has 0 atom stereocenters. The van der Waals surface area contributed by atoms with Crippen LogP contribution < -0.4 is 9.64 Å². The van der Waals surface area contributed by atoms with Gasteiger partial charge in [0.15, 0.2) is 0 Å². The molecular weight excluding hydrogens is 343 g/mol. The van der Waals surface area contributed by atoms with E-state index in [0.29, 0.717) is 31.7 Å². The highest BCUT2D eigenvalue weighted by atomic mass is 32.2. The molecule has 0 N–H and O–H groups in total. The number of nitrogens with zero attached hydrogens (tertiary/aromatic N) is 2. The molecule has 1 saturated heterocycles. The van der Waals surface area contributed by atoms with Gasteiger partial charge in [-0.2, -0.15) is 4.31 Å². The number of hydrogen-bond donors (Lipinski definition) is 0. The van der Waals surface area contributed by atoms with Gasteiger partial charge in [0.2, 0.25) is 10.0 Å². The minimum Gasteiger partial charge on any atom is -0.497 e. The van der Waals surface area contributed by atoms with Gasteiger partial charge in [-0.3, -0.25) is 0 Å². The zero-order valence-corrected chi connectivity index (χ0v) is 14.9. The van der Waals surface area contributed by atoms with Gasteiger partial charge in [-0.15, -0.1) is 0 Å². The molecular formula is C18H21FN2O3S. The van der Waals surface area contributed by atoms with Crippen molar-refractivity contribution in [1.29, 1.82) is 0 Å². The molecule has 0 radical (unpaired) electrons. The molecule has 0 aliphatic carbocycles. The first-order valence-corrected chi connectivity index (χ1v) is 9.70. The smallest absolute Gasteiger partial charge is 0.218 e. The van der Waals surface area contributed by atoms with Gasteiger partial charge >= 0.3 is 0 Å². The number of sulfonamides is 1. The summed E-state index contributed by atoms with van der Waals surface area (Å²) >= 11 is 0. The number of anilines is 1. The van der Waals surface area contributed by atoms with Crippen LogP contribution in [-0.2, 0) is 15.8 Å². The number of hydrogen-bond acceptors (Lipinski definition) is 4. The van der Waals surface area contributed by atoms with Gasteiger partial charge in [-0.05, 0) is 29.8 Å². The van der Waals surface area contributed by atoms with Crippen LogP contribution in [-0.4, -0.2) is 46.0 Å². The summed E-state index contributed by atoms with van der Waals surface area (Å²) < 4.78 is 44.9. The van der Waals surface area contributed by atoms with Crippen LogP contribution in [0.15, 0.2) is 48.5 Å². The highest BCUT2D eigenvalue weighted by molar-refractivity contribution is 7.88. The van der Waals surface area contributed by atoms with Crippen LogP contribution in [0.25, 0.3) is 0 Å². The maximum Gasteiger partial charge on any atom is 0.218 e. The van der Waals surface area contributed by atoms with E-state index in [1.165, 1.54) is 28.6 Å². The van der Waals surface area contributed by atoms with Crippen molar-refractivity contribution in [2.45, 2.75) is 5.75 Å². The molecule has 0 unspecified atom stereocenters. The Morgan fingerprint density at radius 3 is 2.36 bits per heavy atom. The molecule has 5 nitrogen and oxygen atoms in total. The number of benzene rings is 2. The standard InChI is InChI=1S/C18H21FN2O3S/c1-24-18-4-2-3-17(13-18)20-9-11-21(12-10-20)25(22,23)14-15-5-7-16(19)8-6-15/h2-8,13H,9-12,14H2,1H3. The summed E-state index contributed by atoms with van der Waals surface area (Å²) in [5.41, 5.74) is 1.62. The Hall–Kier alpha value is -2.12. The SMILES string of the molecule is COc1cccc(N2CCN(S(=O)(=O)Cc3ccc(F)cc3)CC2)c1. The first-order chi connectivity index (χ1) is 12.0. The van der Waals surface area contributed by atoms with Crippen molar-refractivity contribution in [3.8, 4) is 5.75 Å². The third kappa shape index (κ3) is 4.29. The maximum atomic E-state index is 13.0. The first kappa shape index (κ1) is 17.7. The molecule has 7 heteroatoms. The monoisotopic (exact) mass is 364 g/mol. The van der Waals surface area contributed by atoms with E-state index < -0.39 is 10.0 Å². The predicted molar refractivity (Wildman–Crippen MR) is 95.8 cm³/mol. The molecule has 0 saturated carbocycles. The zero-order chi connectivity index (χ0) is 17.9. The first-order valence-electron chi connectivity index (χ1n) is 8.09. The van der Waals surface area contributed by atoms with Crippen molar-refractivity contribution in [2.75, 3.05) is 38.2 Å². The lowest BCUT2D eigenvalue weighted by molar-refractivity contribution is 0.383. The van der Waals surface area contributed by atoms with Crippen LogP contribution in [0, 0.1) is 5.82 Å². The molecule has 2 aromatic carbocycles. The lowest BCUT2D eigenvalue weighted by atomic mass is 10.2. The molecule has 0 bridgehead atoms. The molecule has 0 aromatic heterocycles. The fourth-order valence-electron chi connectivity index (χ4n) is 2.91. The van der Waals surface area contributed by atoms with Crippen molar-refractivity contribution < 1.29 is 17.5 Å². The summed E-state index contributed by atoms with van der Waals surface area (Å²) in [7, 11) is -1.78. The van der Waals surface area contributed by atoms with Crippen molar-refractivity contribution in [3.05, 3.63) is 59.9 Å². The van der Waals surface area contributed by atoms with E-state index in [1.807, 2.05) is 24.3 Å². The summed E-state index contributed by atoms with van der Waals surface area (Å²) in [6, 6.07) is 13.3. The fourth-order valence-corrected chi connectivity index (χ4v) is 4.43. The molecule has 1 aliphatic rings. The lowest BCUT2D eigenvalue weighted by Crippen LogP contribution is -2.49. The van der Waals surface area contributed by atoms with Crippen LogP contribution >= 0.6 is 0 Å². The highest BCUT2D eigenvalue weighted by Crippen LogP contribution is 2.23. The fraction of sp³-hybridized carbons (Fsp3) is 0.333. The summed E-state index contributed by atoms with van der Waals surface area (Å²) in [5, 5.41) is 0. The number of halogens is 1. The molecule has 3 rings (SSSR count). The molecule has 134 valence electrons. The average Bonchev–Trinajstić information content (AvgIpc) is 2.64. The maximum absolute atomic E-state index is 13.0.